The van der Waals surface area contributed by atoms with Gasteiger partial charge in [-0.3, -0.25) is 14.5 Å². The first-order chi connectivity index (χ1) is 14.4. The normalized spacial score (nSPS) is 14.1. The van der Waals surface area contributed by atoms with Crippen LogP contribution < -0.4 is 10.2 Å². The Hall–Kier alpha value is -4.00. The summed E-state index contributed by atoms with van der Waals surface area (Å²) in [6.07, 6.45) is -0.420. The van der Waals surface area contributed by atoms with Crippen molar-refractivity contribution in [3.8, 4) is 0 Å². The van der Waals surface area contributed by atoms with Crippen LogP contribution in [0, 0.1) is 0 Å². The number of imide groups is 1. The van der Waals surface area contributed by atoms with Gasteiger partial charge in [0, 0.05) is 18.4 Å². The number of carbonyl (C=O) groups is 4. The number of carbonyl (C=O) groups excluding carboxylic acids is 4. The average molecular weight is 401 g/mol. The molecule has 0 saturated heterocycles. The topological polar surface area (TPSA) is 118 Å². The average Bonchev–Trinajstić information content (AvgIpc) is 2.97. The number of hydrogen-bond acceptors (Lipinski definition) is 6. The van der Waals surface area contributed by atoms with Crippen LogP contribution in [0.25, 0.3) is 10.8 Å². The van der Waals surface area contributed by atoms with E-state index in [0.29, 0.717) is 0 Å². The van der Waals surface area contributed by atoms with Crippen LogP contribution in [-0.4, -0.2) is 34.7 Å². The van der Waals surface area contributed by atoms with Crippen LogP contribution in [0.2, 0.25) is 0 Å². The molecule has 0 saturated carbocycles. The van der Waals surface area contributed by atoms with Crippen molar-refractivity contribution >= 4 is 34.5 Å². The van der Waals surface area contributed by atoms with E-state index in [1.54, 1.807) is 0 Å². The van der Waals surface area contributed by atoms with Crippen molar-refractivity contribution in [1.82, 2.24) is 4.90 Å². The molecule has 150 valence electrons. The number of rotatable bonds is 6. The van der Waals surface area contributed by atoms with Gasteiger partial charge in [0.05, 0.1) is 17.1 Å². The summed E-state index contributed by atoms with van der Waals surface area (Å²) < 4.78 is 0. The van der Waals surface area contributed by atoms with E-state index in [0.717, 1.165) is 27.3 Å². The van der Waals surface area contributed by atoms with E-state index in [2.05, 4.69) is 0 Å². The number of nitrogens with zero attached hydrogens (tertiary/aromatic N) is 1. The largest absolute Gasteiger partial charge is 0.550 e. The van der Waals surface area contributed by atoms with Gasteiger partial charge < -0.3 is 19.8 Å². The first kappa shape index (κ1) is 19.3. The van der Waals surface area contributed by atoms with Gasteiger partial charge in [-0.05, 0) is 40.5 Å². The van der Waals surface area contributed by atoms with Crippen LogP contribution >= 0.6 is 0 Å². The third kappa shape index (κ3) is 3.30. The van der Waals surface area contributed by atoms with Gasteiger partial charge in [-0.2, -0.15) is 0 Å². The molecular weight excluding hydrogens is 386 g/mol. The molecule has 0 aromatic heterocycles. The molecule has 1 heterocycles. The Morgan fingerprint density at radius 2 is 1.57 bits per heavy atom. The SMILES string of the molecule is O=C([O-])C[C@@H](Cc1cccc2ccccc12)N1C(=O)c2ccc(C(=O)[O-])cc2C1=O. The molecular formula is C23H15NO6-2. The molecule has 0 bridgehead atoms. The lowest BCUT2D eigenvalue weighted by Crippen LogP contribution is -2.44. The van der Waals surface area contributed by atoms with E-state index in [1.165, 1.54) is 12.1 Å². The van der Waals surface area contributed by atoms with Crippen molar-refractivity contribution in [2.45, 2.75) is 18.9 Å². The van der Waals surface area contributed by atoms with Gasteiger partial charge in [0.25, 0.3) is 11.8 Å². The Labute approximate surface area is 171 Å². The standard InChI is InChI=1S/C23H17NO6/c25-20(26)12-16(10-14-6-3-5-13-4-1-2-7-17(13)14)24-21(27)18-9-8-15(23(29)30)11-19(18)22(24)28/h1-9,11,16H,10,12H2,(H,25,26)(H,29,30)/p-2/t16-/m1/s1. The van der Waals surface area contributed by atoms with Gasteiger partial charge in [0.15, 0.2) is 0 Å². The van der Waals surface area contributed by atoms with E-state index >= 15 is 0 Å². The molecule has 3 aromatic rings. The number of aromatic carboxylic acids is 1. The van der Waals surface area contributed by atoms with Gasteiger partial charge in [0.2, 0.25) is 0 Å². The van der Waals surface area contributed by atoms with Crippen molar-refractivity contribution in [2.24, 2.45) is 0 Å². The smallest absolute Gasteiger partial charge is 0.261 e. The molecule has 30 heavy (non-hydrogen) atoms. The number of benzene rings is 3. The molecule has 0 spiro atoms. The molecule has 0 N–H and O–H groups in total. The van der Waals surface area contributed by atoms with Crippen molar-refractivity contribution in [3.05, 3.63) is 82.9 Å². The summed E-state index contributed by atoms with van der Waals surface area (Å²) in [5.74, 6) is -4.26. The summed E-state index contributed by atoms with van der Waals surface area (Å²) in [5.41, 5.74) is 0.503. The van der Waals surface area contributed by atoms with Gasteiger partial charge >= 0.3 is 0 Å². The first-order valence-electron chi connectivity index (χ1n) is 9.26. The summed E-state index contributed by atoms with van der Waals surface area (Å²) >= 11 is 0. The van der Waals surface area contributed by atoms with Crippen molar-refractivity contribution in [2.75, 3.05) is 0 Å². The van der Waals surface area contributed by atoms with Crippen molar-refractivity contribution < 1.29 is 29.4 Å². The second-order valence-electron chi connectivity index (χ2n) is 7.10. The number of carboxylic acid groups (broad SMARTS) is 2. The molecule has 0 aliphatic carbocycles. The zero-order valence-electron chi connectivity index (χ0n) is 15.7. The molecule has 0 fully saturated rings. The number of fused-ring (bicyclic) bond motifs is 2. The Bertz CT molecular complexity index is 1210. The molecule has 7 heteroatoms. The van der Waals surface area contributed by atoms with Crippen LogP contribution in [0.15, 0.2) is 60.7 Å². The Balaban J connectivity index is 1.74. The monoisotopic (exact) mass is 401 g/mol. The fourth-order valence-electron chi connectivity index (χ4n) is 3.89. The Kier molecular flexibility index (Phi) is 4.79. The predicted molar refractivity (Wildman–Crippen MR) is 102 cm³/mol. The van der Waals surface area contributed by atoms with E-state index in [4.69, 9.17) is 0 Å². The summed E-state index contributed by atoms with van der Waals surface area (Å²) in [5, 5.41) is 24.3. The van der Waals surface area contributed by atoms with Crippen LogP contribution in [0.4, 0.5) is 0 Å². The molecule has 1 aliphatic rings. The summed E-state index contributed by atoms with van der Waals surface area (Å²) in [4.78, 5) is 49.2. The maximum atomic E-state index is 12.9. The molecule has 0 unspecified atom stereocenters. The summed E-state index contributed by atoms with van der Waals surface area (Å²) in [6, 6.07) is 15.6. The van der Waals surface area contributed by atoms with E-state index in [9.17, 15) is 29.4 Å². The minimum atomic E-state index is -1.47. The number of hydrogen-bond donors (Lipinski definition) is 0. The quantitative estimate of drug-likeness (QED) is 0.557. The number of amides is 2. The van der Waals surface area contributed by atoms with Gasteiger partial charge in [-0.15, -0.1) is 0 Å². The minimum Gasteiger partial charge on any atom is -0.550 e. The van der Waals surface area contributed by atoms with E-state index in [1.807, 2.05) is 42.5 Å². The third-order valence-corrected chi connectivity index (χ3v) is 5.26. The predicted octanol–water partition coefficient (Wildman–Crippen LogP) is 0.551. The Morgan fingerprint density at radius 3 is 2.30 bits per heavy atom. The number of carboxylic acids is 2. The highest BCUT2D eigenvalue weighted by molar-refractivity contribution is 6.22. The van der Waals surface area contributed by atoms with Crippen LogP contribution in [0.1, 0.15) is 43.1 Å². The molecule has 0 radical (unpaired) electrons. The van der Waals surface area contributed by atoms with Crippen molar-refractivity contribution in [1.29, 1.82) is 0 Å². The van der Waals surface area contributed by atoms with Crippen LogP contribution in [-0.2, 0) is 11.2 Å². The zero-order chi connectivity index (χ0) is 21.4. The lowest BCUT2D eigenvalue weighted by molar-refractivity contribution is -0.306. The molecule has 7 nitrogen and oxygen atoms in total. The molecule has 1 aliphatic heterocycles. The fraction of sp³-hybridized carbons (Fsp3) is 0.130. The lowest BCUT2D eigenvalue weighted by Gasteiger charge is -2.27. The van der Waals surface area contributed by atoms with E-state index < -0.39 is 36.2 Å². The first-order valence-corrected chi connectivity index (χ1v) is 9.26. The molecule has 2 amide bonds. The van der Waals surface area contributed by atoms with Crippen molar-refractivity contribution in [3.63, 3.8) is 0 Å². The molecule has 3 aromatic carbocycles. The maximum absolute atomic E-state index is 12.9. The Morgan fingerprint density at radius 1 is 0.867 bits per heavy atom. The van der Waals surface area contributed by atoms with Crippen LogP contribution in [0.3, 0.4) is 0 Å². The highest BCUT2D eigenvalue weighted by atomic mass is 16.4. The van der Waals surface area contributed by atoms with Gasteiger partial charge in [0.1, 0.15) is 0 Å². The third-order valence-electron chi connectivity index (χ3n) is 5.26. The van der Waals surface area contributed by atoms with Crippen LogP contribution in [0.5, 0.6) is 0 Å². The maximum Gasteiger partial charge on any atom is 0.261 e. The summed E-state index contributed by atoms with van der Waals surface area (Å²) in [7, 11) is 0. The van der Waals surface area contributed by atoms with Gasteiger partial charge in [-0.25, -0.2) is 0 Å². The summed E-state index contributed by atoms with van der Waals surface area (Å²) in [6.45, 7) is 0. The van der Waals surface area contributed by atoms with Gasteiger partial charge in [-0.1, -0.05) is 48.5 Å². The second-order valence-corrected chi connectivity index (χ2v) is 7.10. The second kappa shape index (κ2) is 7.44. The van der Waals surface area contributed by atoms with E-state index in [-0.39, 0.29) is 23.1 Å². The molecule has 1 atom stereocenters. The highest BCUT2D eigenvalue weighted by Gasteiger charge is 2.40. The highest BCUT2D eigenvalue weighted by Crippen LogP contribution is 2.29. The fourth-order valence-corrected chi connectivity index (χ4v) is 3.89. The lowest BCUT2D eigenvalue weighted by atomic mass is 9.96. The molecule has 4 rings (SSSR count). The minimum absolute atomic E-state index is 0.0336. The number of aliphatic carboxylic acids is 1. The zero-order valence-corrected chi connectivity index (χ0v) is 15.7.